The number of halogens is 1. The molecule has 0 unspecified atom stereocenters. The first-order valence-electron chi connectivity index (χ1n) is 15.2. The molecule has 46 heavy (non-hydrogen) atoms. The number of likely N-dealkylation sites (tertiary alicyclic amines) is 1. The minimum atomic E-state index is -0.633. The van der Waals surface area contributed by atoms with Gasteiger partial charge in [0, 0.05) is 66.3 Å². The third kappa shape index (κ3) is 6.20. The smallest absolute Gasteiger partial charge is 0.323 e. The van der Waals surface area contributed by atoms with Gasteiger partial charge in [0.2, 0.25) is 0 Å². The van der Waals surface area contributed by atoms with Crippen LogP contribution in [0.2, 0.25) is 0 Å². The molecule has 7 rings (SSSR count). The monoisotopic (exact) mass is 618 g/mol. The summed E-state index contributed by atoms with van der Waals surface area (Å²) in [5, 5.41) is 6.12. The summed E-state index contributed by atoms with van der Waals surface area (Å²) in [7, 11) is 0. The van der Waals surface area contributed by atoms with Crippen molar-refractivity contribution < 1.29 is 18.7 Å². The molecule has 0 bridgehead atoms. The van der Waals surface area contributed by atoms with Gasteiger partial charge in [0.15, 0.2) is 5.82 Å². The number of fused-ring (bicyclic) bond motifs is 1. The number of hydrogen-bond donors (Lipinski definition) is 2. The molecule has 2 N–H and O–H groups in total. The Bertz CT molecular complexity index is 1890. The molecule has 0 aliphatic carbocycles. The van der Waals surface area contributed by atoms with Crippen LogP contribution in [0.5, 0.6) is 0 Å². The van der Waals surface area contributed by atoms with Crippen LogP contribution >= 0.6 is 0 Å². The van der Waals surface area contributed by atoms with E-state index in [0.717, 1.165) is 48.3 Å². The van der Waals surface area contributed by atoms with Crippen LogP contribution in [-0.2, 0) is 4.74 Å². The van der Waals surface area contributed by atoms with Crippen molar-refractivity contribution in [3.8, 4) is 22.5 Å². The lowest BCUT2D eigenvalue weighted by Gasteiger charge is -2.29. The summed E-state index contributed by atoms with van der Waals surface area (Å²) in [6.07, 6.45) is 6.98. The number of nitrogens with one attached hydrogen (secondary N) is 2. The van der Waals surface area contributed by atoms with Gasteiger partial charge in [0.05, 0.1) is 24.4 Å². The van der Waals surface area contributed by atoms with Gasteiger partial charge in [-0.2, -0.15) is 0 Å². The number of amides is 3. The Hall–Kier alpha value is -5.49. The second-order valence-electron chi connectivity index (χ2n) is 11.2. The number of morpholine rings is 1. The topological polar surface area (TPSA) is 125 Å². The molecule has 0 spiro atoms. The molecular formula is C34H31FN8O3. The van der Waals surface area contributed by atoms with E-state index in [1.807, 2.05) is 23.1 Å². The quantitative estimate of drug-likeness (QED) is 0.252. The third-order valence-electron chi connectivity index (χ3n) is 8.14. The minimum absolute atomic E-state index is 0.00244. The molecule has 2 aliphatic rings. The Balaban J connectivity index is 1.11. The second kappa shape index (κ2) is 12.9. The van der Waals surface area contributed by atoms with Crippen LogP contribution < -0.4 is 15.5 Å². The third-order valence-corrected chi connectivity index (χ3v) is 8.14. The number of benzene rings is 3. The fraction of sp³-hybridized carbons (Fsp3) is 0.235. The van der Waals surface area contributed by atoms with E-state index in [4.69, 9.17) is 14.7 Å². The molecular weight excluding hydrogens is 587 g/mol. The van der Waals surface area contributed by atoms with E-state index in [9.17, 15) is 9.59 Å². The van der Waals surface area contributed by atoms with Gasteiger partial charge in [-0.3, -0.25) is 4.79 Å². The highest BCUT2D eigenvalue weighted by Crippen LogP contribution is 2.32. The lowest BCUT2D eigenvalue weighted by atomic mass is 10.1. The maximum atomic E-state index is 15.4. The normalized spacial score (nSPS) is 14.8. The summed E-state index contributed by atoms with van der Waals surface area (Å²) >= 11 is 0. The summed E-state index contributed by atoms with van der Waals surface area (Å²) < 4.78 is 21.0. The van der Waals surface area contributed by atoms with Crippen LogP contribution in [0.15, 0.2) is 79.4 Å². The van der Waals surface area contributed by atoms with E-state index < -0.39 is 11.8 Å². The van der Waals surface area contributed by atoms with E-state index in [-0.39, 0.29) is 11.6 Å². The zero-order valence-corrected chi connectivity index (χ0v) is 24.9. The van der Waals surface area contributed by atoms with Crippen molar-refractivity contribution in [2.45, 2.75) is 12.8 Å². The van der Waals surface area contributed by atoms with Gasteiger partial charge < -0.3 is 25.2 Å². The van der Waals surface area contributed by atoms with Crippen LogP contribution in [0.1, 0.15) is 23.2 Å². The van der Waals surface area contributed by atoms with Gasteiger partial charge in [0.25, 0.3) is 5.91 Å². The van der Waals surface area contributed by atoms with Crippen molar-refractivity contribution in [3.63, 3.8) is 0 Å². The Morgan fingerprint density at radius 2 is 1.52 bits per heavy atom. The molecule has 0 atom stereocenters. The fourth-order valence-electron chi connectivity index (χ4n) is 5.73. The van der Waals surface area contributed by atoms with E-state index in [0.29, 0.717) is 54.5 Å². The molecule has 5 aromatic rings. The Morgan fingerprint density at radius 3 is 2.26 bits per heavy atom. The number of carbonyl (C=O) groups is 2. The lowest BCUT2D eigenvalue weighted by molar-refractivity contribution is 0.0793. The maximum Gasteiger partial charge on any atom is 0.323 e. The molecule has 2 aliphatic heterocycles. The number of aromatic nitrogens is 4. The van der Waals surface area contributed by atoms with Crippen LogP contribution in [0, 0.1) is 5.82 Å². The van der Waals surface area contributed by atoms with Crippen LogP contribution in [0.4, 0.5) is 26.4 Å². The maximum absolute atomic E-state index is 15.4. The molecule has 2 fully saturated rings. The van der Waals surface area contributed by atoms with Crippen molar-refractivity contribution in [1.82, 2.24) is 24.8 Å². The SMILES string of the molecule is O=C(Nc1ccc(C(=O)N2CCCC2)cc1)Nc1ccc(-c2nc(N3CCOCC3)c3ccc(-c4cncnc4)cc3n2)cc1F. The van der Waals surface area contributed by atoms with E-state index in [1.54, 1.807) is 42.7 Å². The number of rotatable bonds is 6. The number of nitrogens with zero attached hydrogens (tertiary/aromatic N) is 6. The number of hydrogen-bond acceptors (Lipinski definition) is 8. The largest absolute Gasteiger partial charge is 0.378 e. The van der Waals surface area contributed by atoms with Crippen molar-refractivity contribution in [2.75, 3.05) is 54.9 Å². The minimum Gasteiger partial charge on any atom is -0.378 e. The van der Waals surface area contributed by atoms with Crippen molar-refractivity contribution in [3.05, 3.63) is 90.8 Å². The van der Waals surface area contributed by atoms with Crippen molar-refractivity contribution in [1.29, 1.82) is 0 Å². The van der Waals surface area contributed by atoms with E-state index in [2.05, 4.69) is 25.5 Å². The molecule has 11 nitrogen and oxygen atoms in total. The zero-order chi connectivity index (χ0) is 31.5. The van der Waals surface area contributed by atoms with E-state index >= 15 is 4.39 Å². The lowest BCUT2D eigenvalue weighted by Crippen LogP contribution is -2.37. The molecule has 232 valence electrons. The average molecular weight is 619 g/mol. The molecule has 0 radical (unpaired) electrons. The Morgan fingerprint density at radius 1 is 0.783 bits per heavy atom. The van der Waals surface area contributed by atoms with Gasteiger partial charge in [-0.25, -0.2) is 29.1 Å². The number of anilines is 3. The number of urea groups is 1. The van der Waals surface area contributed by atoms with Gasteiger partial charge in [0.1, 0.15) is 18.0 Å². The Labute approximate surface area is 264 Å². The first-order valence-corrected chi connectivity index (χ1v) is 15.2. The fourth-order valence-corrected chi connectivity index (χ4v) is 5.73. The number of ether oxygens (including phenoxy) is 1. The molecule has 3 aromatic carbocycles. The van der Waals surface area contributed by atoms with Crippen LogP contribution in [-0.4, -0.2) is 76.2 Å². The summed E-state index contributed by atoms with van der Waals surface area (Å²) in [5.74, 6) is 0.448. The summed E-state index contributed by atoms with van der Waals surface area (Å²) in [6, 6.07) is 16.5. The van der Waals surface area contributed by atoms with Gasteiger partial charge in [-0.05, 0) is 73.0 Å². The molecule has 3 amide bonds. The highest BCUT2D eigenvalue weighted by Gasteiger charge is 2.21. The Kier molecular flexibility index (Phi) is 8.17. The van der Waals surface area contributed by atoms with Crippen LogP contribution in [0.3, 0.4) is 0 Å². The summed E-state index contributed by atoms with van der Waals surface area (Å²) in [5.41, 5.74) is 3.96. The van der Waals surface area contributed by atoms with Gasteiger partial charge in [-0.1, -0.05) is 6.07 Å². The average Bonchev–Trinajstić information content (AvgIpc) is 3.65. The molecule has 2 aromatic heterocycles. The molecule has 12 heteroatoms. The summed E-state index contributed by atoms with van der Waals surface area (Å²) in [4.78, 5) is 47.2. The van der Waals surface area contributed by atoms with Crippen molar-refractivity contribution in [2.24, 2.45) is 0 Å². The standard InChI is InChI=1S/C34H31FN8O3/c35-28-17-24(6-10-29(28)40-34(45)38-26-7-3-22(4-8-26)33(44)43-11-1-2-12-43)31-39-30-18-23(25-19-36-21-37-20-25)5-9-27(30)32(41-31)42-13-15-46-16-14-42/h3-10,17-21H,1-2,11-16H2,(H2,38,40,45). The summed E-state index contributed by atoms with van der Waals surface area (Å²) in [6.45, 7) is 4.03. The van der Waals surface area contributed by atoms with Gasteiger partial charge >= 0.3 is 6.03 Å². The molecule has 4 heterocycles. The predicted molar refractivity (Wildman–Crippen MR) is 173 cm³/mol. The predicted octanol–water partition coefficient (Wildman–Crippen LogP) is 5.61. The van der Waals surface area contributed by atoms with Crippen molar-refractivity contribution >= 4 is 40.0 Å². The highest BCUT2D eigenvalue weighted by atomic mass is 19.1. The molecule has 2 saturated heterocycles. The first-order chi connectivity index (χ1) is 22.5. The first kappa shape index (κ1) is 29.2. The van der Waals surface area contributed by atoms with Gasteiger partial charge in [-0.15, -0.1) is 0 Å². The second-order valence-corrected chi connectivity index (χ2v) is 11.2. The number of carbonyl (C=O) groups excluding carboxylic acids is 2. The van der Waals surface area contributed by atoms with Crippen LogP contribution in [0.25, 0.3) is 33.4 Å². The zero-order valence-electron chi connectivity index (χ0n) is 24.9. The highest BCUT2D eigenvalue weighted by molar-refractivity contribution is 6.01. The molecule has 0 saturated carbocycles. The van der Waals surface area contributed by atoms with E-state index in [1.165, 1.54) is 18.5 Å².